The average Bonchev–Trinajstić information content (AvgIpc) is 3.45. The third kappa shape index (κ3) is 64.8. The van der Waals surface area contributed by atoms with E-state index < -0.39 is 6.10 Å². The van der Waals surface area contributed by atoms with E-state index in [9.17, 15) is 14.4 Å². The molecule has 0 aliphatic carbocycles. The lowest BCUT2D eigenvalue weighted by molar-refractivity contribution is -0.167. The number of allylic oxidation sites excluding steroid dienone is 18. The van der Waals surface area contributed by atoms with Gasteiger partial charge in [0.15, 0.2) is 6.10 Å². The SMILES string of the molecule is CC/C=C\C/C=C\C/C=C\C/C=C\C/C=C\CCCCCCCCCC(=O)OCC(COC(=O)CCCCCCCCC/C=C\C/C=C\CCCCC)OC(=O)CCCCCCCCCCC/C=C\C/C=C\CCCCCCC. The maximum absolute atomic E-state index is 12.9. The summed E-state index contributed by atoms with van der Waals surface area (Å²) in [5.41, 5.74) is 0. The van der Waals surface area contributed by atoms with Crippen molar-refractivity contribution >= 4 is 17.9 Å². The highest BCUT2D eigenvalue weighted by atomic mass is 16.6. The van der Waals surface area contributed by atoms with Gasteiger partial charge in [0.1, 0.15) is 13.2 Å². The minimum absolute atomic E-state index is 0.0877. The number of esters is 3. The molecule has 0 heterocycles. The van der Waals surface area contributed by atoms with E-state index in [1.807, 2.05) is 0 Å². The summed E-state index contributed by atoms with van der Waals surface area (Å²) in [5.74, 6) is -0.900. The normalized spacial score (nSPS) is 12.8. The predicted molar refractivity (Wildman–Crippen MR) is 343 cm³/mol. The number of rotatable bonds is 60. The zero-order valence-corrected chi connectivity index (χ0v) is 51.9. The summed E-state index contributed by atoms with van der Waals surface area (Å²) in [6.07, 6.45) is 90.8. The molecule has 1 atom stereocenters. The molecule has 6 heteroatoms. The second-order valence-electron chi connectivity index (χ2n) is 22.0. The van der Waals surface area contributed by atoms with E-state index in [1.54, 1.807) is 0 Å². The van der Waals surface area contributed by atoms with Gasteiger partial charge in [-0.05, 0) is 128 Å². The van der Waals surface area contributed by atoms with Crippen molar-refractivity contribution in [2.75, 3.05) is 13.2 Å². The van der Waals surface area contributed by atoms with E-state index in [0.717, 1.165) is 116 Å². The molecule has 0 rings (SSSR count). The quantitative estimate of drug-likeness (QED) is 0.0261. The predicted octanol–water partition coefficient (Wildman–Crippen LogP) is 23.0. The zero-order chi connectivity index (χ0) is 57.1. The number of ether oxygens (including phenoxy) is 3. The molecule has 0 radical (unpaired) electrons. The van der Waals surface area contributed by atoms with Crippen LogP contribution in [0.4, 0.5) is 0 Å². The summed E-state index contributed by atoms with van der Waals surface area (Å²) < 4.78 is 17.0. The van der Waals surface area contributed by atoms with Crippen LogP contribution in [-0.4, -0.2) is 37.2 Å². The highest BCUT2D eigenvalue weighted by molar-refractivity contribution is 5.71. The molecular formula is C73H124O6. The van der Waals surface area contributed by atoms with Gasteiger partial charge in [-0.25, -0.2) is 0 Å². The molecule has 0 aliphatic heterocycles. The van der Waals surface area contributed by atoms with E-state index in [-0.39, 0.29) is 31.1 Å². The smallest absolute Gasteiger partial charge is 0.306 e. The van der Waals surface area contributed by atoms with Crippen molar-refractivity contribution in [3.8, 4) is 0 Å². The van der Waals surface area contributed by atoms with E-state index in [4.69, 9.17) is 14.2 Å². The molecular weight excluding hydrogens is 973 g/mol. The number of carbonyl (C=O) groups excluding carboxylic acids is 3. The number of hydrogen-bond acceptors (Lipinski definition) is 6. The van der Waals surface area contributed by atoms with Gasteiger partial charge in [0.2, 0.25) is 0 Å². The highest BCUT2D eigenvalue weighted by Gasteiger charge is 2.19. The summed E-state index contributed by atoms with van der Waals surface area (Å²) in [5, 5.41) is 0. The van der Waals surface area contributed by atoms with Gasteiger partial charge < -0.3 is 14.2 Å². The number of carbonyl (C=O) groups is 3. The fourth-order valence-electron chi connectivity index (χ4n) is 9.24. The van der Waals surface area contributed by atoms with Gasteiger partial charge in [0.25, 0.3) is 0 Å². The van der Waals surface area contributed by atoms with Crippen molar-refractivity contribution < 1.29 is 28.6 Å². The molecule has 1 unspecified atom stereocenters. The van der Waals surface area contributed by atoms with Crippen LogP contribution in [0.3, 0.4) is 0 Å². The summed E-state index contributed by atoms with van der Waals surface area (Å²) in [6, 6.07) is 0. The van der Waals surface area contributed by atoms with Gasteiger partial charge in [0.05, 0.1) is 0 Å². The van der Waals surface area contributed by atoms with Gasteiger partial charge in [0, 0.05) is 19.3 Å². The van der Waals surface area contributed by atoms with Crippen LogP contribution in [0.15, 0.2) is 109 Å². The standard InChI is InChI=1S/C73H124O6/c1-4-7-10-13-16-19-22-25-28-31-33-35-36-38-39-42-45-48-51-54-57-60-63-66-72(75)78-69-70(68-77-71(74)65-62-59-56-53-50-47-44-41-30-27-24-21-18-15-12-9-6-3)79-73(76)67-64-61-58-55-52-49-46-43-40-37-34-32-29-26-23-20-17-14-11-8-5-2/h7,10,16,18-19,21,23,25-28,30,32-35,38-39,70H,4-6,8-9,11-15,17,20,22,24,29,31,36-37,40-69H2,1-3H3/b10-7-,19-16-,21-18-,26-23-,28-25-,30-27-,34-32-,35-33-,39-38-. The first kappa shape index (κ1) is 75.1. The lowest BCUT2D eigenvalue weighted by Gasteiger charge is -2.18. The Kier molecular flexibility index (Phi) is 63.3. The third-order valence-electron chi connectivity index (χ3n) is 14.2. The van der Waals surface area contributed by atoms with Crippen LogP contribution in [0.1, 0.15) is 316 Å². The molecule has 0 aliphatic rings. The van der Waals surface area contributed by atoms with Crippen molar-refractivity contribution in [3.05, 3.63) is 109 Å². The minimum Gasteiger partial charge on any atom is -0.462 e. The van der Waals surface area contributed by atoms with E-state index in [1.165, 1.54) is 161 Å². The van der Waals surface area contributed by atoms with Crippen LogP contribution in [0.2, 0.25) is 0 Å². The van der Waals surface area contributed by atoms with Crippen LogP contribution >= 0.6 is 0 Å². The fourth-order valence-corrected chi connectivity index (χ4v) is 9.24. The Morgan fingerprint density at radius 3 is 0.797 bits per heavy atom. The Balaban J connectivity index is 4.42. The molecule has 0 saturated heterocycles. The summed E-state index contributed by atoms with van der Waals surface area (Å²) in [4.78, 5) is 38.4. The Hall–Kier alpha value is -3.93. The van der Waals surface area contributed by atoms with Gasteiger partial charge in [-0.2, -0.15) is 0 Å². The molecule has 0 spiro atoms. The van der Waals surface area contributed by atoms with Gasteiger partial charge in [-0.15, -0.1) is 0 Å². The Bertz CT molecular complexity index is 1590. The first-order chi connectivity index (χ1) is 39.0. The van der Waals surface area contributed by atoms with Gasteiger partial charge >= 0.3 is 17.9 Å². The first-order valence-corrected chi connectivity index (χ1v) is 33.4. The van der Waals surface area contributed by atoms with Crippen LogP contribution in [0.5, 0.6) is 0 Å². The summed E-state index contributed by atoms with van der Waals surface area (Å²) in [6.45, 7) is 6.50. The van der Waals surface area contributed by atoms with Crippen molar-refractivity contribution in [2.24, 2.45) is 0 Å². The average molecular weight is 1100 g/mol. The Morgan fingerprint density at radius 2 is 0.494 bits per heavy atom. The van der Waals surface area contributed by atoms with E-state index in [2.05, 4.69) is 130 Å². The molecule has 6 nitrogen and oxygen atoms in total. The van der Waals surface area contributed by atoms with E-state index in [0.29, 0.717) is 19.3 Å². The molecule has 0 bridgehead atoms. The number of hydrogen-bond donors (Lipinski definition) is 0. The van der Waals surface area contributed by atoms with Crippen LogP contribution < -0.4 is 0 Å². The maximum atomic E-state index is 12.9. The van der Waals surface area contributed by atoms with Crippen LogP contribution in [-0.2, 0) is 28.6 Å². The van der Waals surface area contributed by atoms with Gasteiger partial charge in [-0.3, -0.25) is 14.4 Å². The van der Waals surface area contributed by atoms with Gasteiger partial charge in [-0.1, -0.05) is 278 Å². The minimum atomic E-state index is -0.792. The molecule has 79 heavy (non-hydrogen) atoms. The first-order valence-electron chi connectivity index (χ1n) is 33.4. The molecule has 0 saturated carbocycles. The molecule has 0 aromatic heterocycles. The molecule has 0 aromatic carbocycles. The lowest BCUT2D eigenvalue weighted by Crippen LogP contribution is -2.30. The second kappa shape index (κ2) is 66.6. The monoisotopic (exact) mass is 1100 g/mol. The zero-order valence-electron chi connectivity index (χ0n) is 51.9. The topological polar surface area (TPSA) is 78.9 Å². The van der Waals surface area contributed by atoms with Crippen molar-refractivity contribution in [1.82, 2.24) is 0 Å². The van der Waals surface area contributed by atoms with Crippen molar-refractivity contribution in [2.45, 2.75) is 322 Å². The summed E-state index contributed by atoms with van der Waals surface area (Å²) >= 11 is 0. The van der Waals surface area contributed by atoms with E-state index >= 15 is 0 Å². The molecule has 0 amide bonds. The van der Waals surface area contributed by atoms with Crippen LogP contribution in [0.25, 0.3) is 0 Å². The molecule has 0 fully saturated rings. The van der Waals surface area contributed by atoms with Crippen LogP contribution in [0, 0.1) is 0 Å². The largest absolute Gasteiger partial charge is 0.462 e. The third-order valence-corrected chi connectivity index (χ3v) is 14.2. The Morgan fingerprint density at radius 1 is 0.266 bits per heavy atom. The highest BCUT2D eigenvalue weighted by Crippen LogP contribution is 2.16. The number of unbranched alkanes of at least 4 members (excludes halogenated alkanes) is 31. The molecule has 0 aromatic rings. The summed E-state index contributed by atoms with van der Waals surface area (Å²) in [7, 11) is 0. The Labute approximate surface area is 489 Å². The fraction of sp³-hybridized carbons (Fsp3) is 0.712. The molecule has 452 valence electrons. The molecule has 0 N–H and O–H groups in total. The second-order valence-corrected chi connectivity index (χ2v) is 22.0. The van der Waals surface area contributed by atoms with Crippen molar-refractivity contribution in [1.29, 1.82) is 0 Å². The maximum Gasteiger partial charge on any atom is 0.306 e. The van der Waals surface area contributed by atoms with Crippen molar-refractivity contribution in [3.63, 3.8) is 0 Å². The lowest BCUT2D eigenvalue weighted by atomic mass is 10.1.